The van der Waals surface area contributed by atoms with Crippen LogP contribution in [0.2, 0.25) is 5.02 Å². The van der Waals surface area contributed by atoms with Crippen LogP contribution in [0, 0.1) is 5.92 Å². The van der Waals surface area contributed by atoms with Gasteiger partial charge in [-0.2, -0.15) is 0 Å². The van der Waals surface area contributed by atoms with Crippen molar-refractivity contribution in [1.82, 2.24) is 4.57 Å². The number of hydrogen-bond donors (Lipinski definition) is 0. The highest BCUT2D eigenvalue weighted by molar-refractivity contribution is 6.31. The van der Waals surface area contributed by atoms with Gasteiger partial charge in [0.15, 0.2) is 0 Å². The van der Waals surface area contributed by atoms with Crippen molar-refractivity contribution < 1.29 is 9.53 Å². The molecule has 0 unspecified atom stereocenters. The molecule has 4 heteroatoms. The minimum Gasteiger partial charge on any atom is -0.467 e. The molecular weight excluding hydrogens is 262 g/mol. The first-order valence-corrected chi connectivity index (χ1v) is 6.74. The number of methoxy groups -OCH3 is 1. The zero-order valence-electron chi connectivity index (χ0n) is 11.4. The Bertz CT molecular complexity index is 589. The Hall–Kier alpha value is -1.48. The summed E-state index contributed by atoms with van der Waals surface area (Å²) in [5.74, 6) is 0.187. The van der Waals surface area contributed by atoms with E-state index in [-0.39, 0.29) is 12.0 Å². The first-order valence-electron chi connectivity index (χ1n) is 6.37. The van der Waals surface area contributed by atoms with Gasteiger partial charge in [0.05, 0.1) is 12.6 Å². The minimum atomic E-state index is -0.305. The van der Waals surface area contributed by atoms with Crippen molar-refractivity contribution in [3.05, 3.63) is 35.5 Å². The van der Waals surface area contributed by atoms with Crippen LogP contribution in [0.15, 0.2) is 30.5 Å². The first kappa shape index (κ1) is 13.9. The molecule has 0 aliphatic heterocycles. The number of carbonyl (C=O) groups excluding carboxylic acids is 1. The van der Waals surface area contributed by atoms with Crippen LogP contribution < -0.4 is 0 Å². The number of aromatic nitrogens is 1. The summed E-state index contributed by atoms with van der Waals surface area (Å²) in [7, 11) is 1.42. The van der Waals surface area contributed by atoms with Gasteiger partial charge in [-0.3, -0.25) is 0 Å². The Morgan fingerprint density at radius 2 is 2.11 bits per heavy atom. The van der Waals surface area contributed by atoms with Gasteiger partial charge in [0.25, 0.3) is 0 Å². The standard InChI is InChI=1S/C15H18ClNO2/c1-10(2)8-14(15(18)19-3)17-7-6-11-4-5-12(16)9-13(11)17/h4-7,9-10,14H,8H2,1-3H3/t14-/m1/s1. The SMILES string of the molecule is COC(=O)[C@@H](CC(C)C)n1ccc2ccc(Cl)cc21. The molecular formula is C15H18ClNO2. The van der Waals surface area contributed by atoms with Gasteiger partial charge in [-0.25, -0.2) is 4.79 Å². The maximum absolute atomic E-state index is 12.0. The maximum Gasteiger partial charge on any atom is 0.328 e. The van der Waals surface area contributed by atoms with Gasteiger partial charge in [-0.15, -0.1) is 0 Å². The molecule has 0 bridgehead atoms. The Morgan fingerprint density at radius 1 is 1.37 bits per heavy atom. The molecule has 102 valence electrons. The van der Waals surface area contributed by atoms with Crippen molar-refractivity contribution in [2.75, 3.05) is 7.11 Å². The molecule has 3 nitrogen and oxygen atoms in total. The van der Waals surface area contributed by atoms with E-state index in [1.54, 1.807) is 0 Å². The van der Waals surface area contributed by atoms with Crippen molar-refractivity contribution >= 4 is 28.5 Å². The van der Waals surface area contributed by atoms with Gasteiger partial charge >= 0.3 is 5.97 Å². The molecule has 0 radical (unpaired) electrons. The maximum atomic E-state index is 12.0. The molecule has 0 N–H and O–H groups in total. The molecule has 0 saturated carbocycles. The molecule has 1 atom stereocenters. The number of halogens is 1. The first-order chi connectivity index (χ1) is 9.02. The fourth-order valence-electron chi connectivity index (χ4n) is 2.30. The zero-order chi connectivity index (χ0) is 14.0. The third kappa shape index (κ3) is 2.92. The average Bonchev–Trinajstić information content (AvgIpc) is 2.77. The number of fused-ring (bicyclic) bond motifs is 1. The van der Waals surface area contributed by atoms with Crippen molar-refractivity contribution in [3.63, 3.8) is 0 Å². The molecule has 1 aromatic carbocycles. The molecule has 0 fully saturated rings. The predicted molar refractivity (Wildman–Crippen MR) is 77.5 cm³/mol. The fraction of sp³-hybridized carbons (Fsp3) is 0.400. The number of carbonyl (C=O) groups is 1. The monoisotopic (exact) mass is 279 g/mol. The summed E-state index contributed by atoms with van der Waals surface area (Å²) < 4.78 is 6.87. The van der Waals surface area contributed by atoms with Gasteiger partial charge in [0.1, 0.15) is 6.04 Å². The van der Waals surface area contributed by atoms with Crippen molar-refractivity contribution in [1.29, 1.82) is 0 Å². The Labute approximate surface area is 118 Å². The van der Waals surface area contributed by atoms with E-state index in [2.05, 4.69) is 13.8 Å². The van der Waals surface area contributed by atoms with Crippen LogP contribution in [0.3, 0.4) is 0 Å². The lowest BCUT2D eigenvalue weighted by Crippen LogP contribution is -2.22. The fourth-order valence-corrected chi connectivity index (χ4v) is 2.47. The Morgan fingerprint density at radius 3 is 2.74 bits per heavy atom. The summed E-state index contributed by atoms with van der Waals surface area (Å²) in [6.45, 7) is 4.18. The molecule has 0 aliphatic rings. The van der Waals surface area contributed by atoms with Crippen LogP contribution in [0.1, 0.15) is 26.3 Å². The number of nitrogens with zero attached hydrogens (tertiary/aromatic N) is 1. The zero-order valence-corrected chi connectivity index (χ0v) is 12.1. The molecule has 0 aliphatic carbocycles. The second-order valence-electron chi connectivity index (χ2n) is 5.09. The number of benzene rings is 1. The number of rotatable bonds is 4. The molecule has 1 heterocycles. The molecule has 19 heavy (non-hydrogen) atoms. The minimum absolute atomic E-state index is 0.217. The molecule has 0 amide bonds. The van der Waals surface area contributed by atoms with Crippen LogP contribution in [0.5, 0.6) is 0 Å². The quantitative estimate of drug-likeness (QED) is 0.791. The van der Waals surface area contributed by atoms with E-state index in [9.17, 15) is 4.79 Å². The topological polar surface area (TPSA) is 31.2 Å². The summed E-state index contributed by atoms with van der Waals surface area (Å²) >= 11 is 6.04. The van der Waals surface area contributed by atoms with Crippen LogP contribution in [-0.2, 0) is 9.53 Å². The molecule has 0 spiro atoms. The van der Waals surface area contributed by atoms with E-state index < -0.39 is 0 Å². The third-order valence-corrected chi connectivity index (χ3v) is 3.42. The van der Waals surface area contributed by atoms with E-state index in [1.807, 2.05) is 35.0 Å². The van der Waals surface area contributed by atoms with E-state index in [4.69, 9.17) is 16.3 Å². The van der Waals surface area contributed by atoms with Gasteiger partial charge in [-0.05, 0) is 35.9 Å². The molecule has 1 aromatic heterocycles. The lowest BCUT2D eigenvalue weighted by atomic mass is 10.0. The van der Waals surface area contributed by atoms with Gasteiger partial charge < -0.3 is 9.30 Å². The normalized spacial score (nSPS) is 12.9. The lowest BCUT2D eigenvalue weighted by molar-refractivity contribution is -0.145. The highest BCUT2D eigenvalue weighted by atomic mass is 35.5. The van der Waals surface area contributed by atoms with Gasteiger partial charge in [0, 0.05) is 11.2 Å². The molecule has 0 saturated heterocycles. The lowest BCUT2D eigenvalue weighted by Gasteiger charge is -2.19. The summed E-state index contributed by atoms with van der Waals surface area (Å²) in [6, 6.07) is 7.37. The largest absolute Gasteiger partial charge is 0.467 e. The second kappa shape index (κ2) is 5.66. The van der Waals surface area contributed by atoms with Gasteiger partial charge in [0.2, 0.25) is 0 Å². The van der Waals surface area contributed by atoms with Crippen LogP contribution >= 0.6 is 11.6 Å². The summed E-state index contributed by atoms with van der Waals surface area (Å²) in [5.41, 5.74) is 0.962. The smallest absolute Gasteiger partial charge is 0.328 e. The third-order valence-electron chi connectivity index (χ3n) is 3.19. The van der Waals surface area contributed by atoms with Crippen LogP contribution in [0.25, 0.3) is 10.9 Å². The average molecular weight is 280 g/mol. The Balaban J connectivity index is 2.49. The highest BCUT2D eigenvalue weighted by Crippen LogP contribution is 2.27. The number of esters is 1. The number of hydrogen-bond acceptors (Lipinski definition) is 2. The molecule has 2 rings (SSSR count). The van der Waals surface area contributed by atoms with E-state index in [0.717, 1.165) is 17.3 Å². The van der Waals surface area contributed by atoms with Crippen molar-refractivity contribution in [2.24, 2.45) is 5.92 Å². The van der Waals surface area contributed by atoms with Crippen LogP contribution in [-0.4, -0.2) is 17.6 Å². The predicted octanol–water partition coefficient (Wildman–Crippen LogP) is 4.05. The van der Waals surface area contributed by atoms with E-state index in [0.29, 0.717) is 10.9 Å². The van der Waals surface area contributed by atoms with E-state index >= 15 is 0 Å². The molecule has 2 aromatic rings. The summed E-state index contributed by atoms with van der Waals surface area (Å²) in [6.07, 6.45) is 2.66. The van der Waals surface area contributed by atoms with E-state index in [1.165, 1.54) is 7.11 Å². The van der Waals surface area contributed by atoms with Crippen LogP contribution in [0.4, 0.5) is 0 Å². The summed E-state index contributed by atoms with van der Waals surface area (Å²) in [5, 5.41) is 1.74. The van der Waals surface area contributed by atoms with Gasteiger partial charge in [-0.1, -0.05) is 31.5 Å². The number of ether oxygens (including phenoxy) is 1. The van der Waals surface area contributed by atoms with Crippen molar-refractivity contribution in [2.45, 2.75) is 26.3 Å². The Kier molecular flexibility index (Phi) is 4.15. The highest BCUT2D eigenvalue weighted by Gasteiger charge is 2.23. The summed E-state index contributed by atoms with van der Waals surface area (Å²) in [4.78, 5) is 12.0. The second-order valence-corrected chi connectivity index (χ2v) is 5.53. The van der Waals surface area contributed by atoms with Crippen molar-refractivity contribution in [3.8, 4) is 0 Å².